The molecule has 0 bridgehead atoms. The van der Waals surface area contributed by atoms with Gasteiger partial charge in [0.1, 0.15) is 7.05 Å². The van der Waals surface area contributed by atoms with E-state index in [1.807, 2.05) is 0 Å². The predicted molar refractivity (Wildman–Crippen MR) is 111 cm³/mol. The SMILES string of the molecule is Cc1cccc2c1-c1c3c(cc(CC(C)C)cc3cc(C)[n+]1C)C2(C)C. The topological polar surface area (TPSA) is 3.88 Å². The van der Waals surface area contributed by atoms with Crippen molar-refractivity contribution in [2.24, 2.45) is 13.0 Å². The summed E-state index contributed by atoms with van der Waals surface area (Å²) in [4.78, 5) is 0. The van der Waals surface area contributed by atoms with Crippen molar-refractivity contribution in [3.8, 4) is 11.3 Å². The second kappa shape index (κ2) is 5.67. The number of rotatable bonds is 2. The molecule has 2 aromatic carbocycles. The van der Waals surface area contributed by atoms with E-state index in [0.29, 0.717) is 5.92 Å². The fourth-order valence-corrected chi connectivity index (χ4v) is 4.79. The van der Waals surface area contributed by atoms with Crippen LogP contribution in [0, 0.1) is 19.8 Å². The van der Waals surface area contributed by atoms with Crippen molar-refractivity contribution in [2.75, 3.05) is 0 Å². The zero-order valence-electron chi connectivity index (χ0n) is 17.2. The number of pyridine rings is 1. The summed E-state index contributed by atoms with van der Waals surface area (Å²) in [5.41, 5.74) is 9.91. The third-order valence-electron chi connectivity index (χ3n) is 6.19. The monoisotopic (exact) mass is 344 g/mol. The fraction of sp³-hybridized carbons (Fsp3) is 0.400. The molecule has 1 aliphatic rings. The third kappa shape index (κ3) is 2.33. The molecule has 0 radical (unpaired) electrons. The van der Waals surface area contributed by atoms with Crippen molar-refractivity contribution in [2.45, 2.75) is 53.4 Å². The number of fused-ring (bicyclic) bond motifs is 2. The number of aryl methyl sites for hydroxylation is 2. The Bertz CT molecular complexity index is 1040. The fourth-order valence-electron chi connectivity index (χ4n) is 4.79. The van der Waals surface area contributed by atoms with Gasteiger partial charge in [0, 0.05) is 18.4 Å². The molecule has 26 heavy (non-hydrogen) atoms. The van der Waals surface area contributed by atoms with Crippen molar-refractivity contribution >= 4 is 10.8 Å². The van der Waals surface area contributed by atoms with Gasteiger partial charge in [-0.15, -0.1) is 0 Å². The summed E-state index contributed by atoms with van der Waals surface area (Å²) in [7, 11) is 2.21. The molecule has 4 rings (SSSR count). The Morgan fingerprint density at radius 2 is 1.73 bits per heavy atom. The van der Waals surface area contributed by atoms with Crippen molar-refractivity contribution in [3.05, 3.63) is 64.3 Å². The molecule has 0 N–H and O–H groups in total. The lowest BCUT2D eigenvalue weighted by Gasteiger charge is -2.35. The van der Waals surface area contributed by atoms with E-state index in [9.17, 15) is 0 Å². The zero-order chi connectivity index (χ0) is 18.8. The molecule has 0 atom stereocenters. The van der Waals surface area contributed by atoms with E-state index in [1.165, 1.54) is 50.0 Å². The summed E-state index contributed by atoms with van der Waals surface area (Å²) < 4.78 is 2.38. The standard InChI is InChI=1S/C25H30N/c1-15(2)11-18-13-19-12-17(4)26(7)24-22-16(3)9-8-10-20(22)25(5,6)21(14-18)23(19)24/h8-10,12-15H,11H2,1-7H3/q+1. The Kier molecular flexibility index (Phi) is 3.77. The van der Waals surface area contributed by atoms with Gasteiger partial charge in [0.05, 0.1) is 10.9 Å². The number of hydrogen-bond acceptors (Lipinski definition) is 0. The second-order valence-electron chi connectivity index (χ2n) is 9.02. The van der Waals surface area contributed by atoms with Crippen LogP contribution < -0.4 is 4.57 Å². The summed E-state index contributed by atoms with van der Waals surface area (Å²) in [5, 5.41) is 2.84. The molecule has 134 valence electrons. The van der Waals surface area contributed by atoms with E-state index in [0.717, 1.165) is 6.42 Å². The second-order valence-corrected chi connectivity index (χ2v) is 9.02. The van der Waals surface area contributed by atoms with Crippen LogP contribution in [-0.4, -0.2) is 0 Å². The molecular weight excluding hydrogens is 314 g/mol. The van der Waals surface area contributed by atoms with Gasteiger partial charge in [-0.2, -0.15) is 4.57 Å². The van der Waals surface area contributed by atoms with E-state index in [4.69, 9.17) is 0 Å². The van der Waals surface area contributed by atoms with Crippen LogP contribution in [0.4, 0.5) is 0 Å². The maximum absolute atomic E-state index is 2.48. The minimum Gasteiger partial charge on any atom is -0.198 e. The molecule has 1 heterocycles. The van der Waals surface area contributed by atoms with Gasteiger partial charge in [-0.05, 0) is 46.9 Å². The van der Waals surface area contributed by atoms with Crippen molar-refractivity contribution < 1.29 is 4.57 Å². The van der Waals surface area contributed by atoms with Gasteiger partial charge in [-0.25, -0.2) is 0 Å². The van der Waals surface area contributed by atoms with E-state index >= 15 is 0 Å². The molecular formula is C25H30N+. The highest BCUT2D eigenvalue weighted by Gasteiger charge is 2.38. The molecule has 3 aromatic rings. The van der Waals surface area contributed by atoms with Gasteiger partial charge in [0.25, 0.3) is 0 Å². The Morgan fingerprint density at radius 1 is 1.00 bits per heavy atom. The molecule has 0 aliphatic heterocycles. The number of aromatic nitrogens is 1. The third-order valence-corrected chi connectivity index (χ3v) is 6.19. The maximum atomic E-state index is 2.48. The van der Waals surface area contributed by atoms with Crippen LogP contribution in [-0.2, 0) is 18.9 Å². The van der Waals surface area contributed by atoms with Crippen molar-refractivity contribution in [1.82, 2.24) is 0 Å². The van der Waals surface area contributed by atoms with Crippen molar-refractivity contribution in [3.63, 3.8) is 0 Å². The van der Waals surface area contributed by atoms with Gasteiger partial charge < -0.3 is 0 Å². The van der Waals surface area contributed by atoms with Crippen LogP contribution >= 0.6 is 0 Å². The van der Waals surface area contributed by atoms with Gasteiger partial charge in [-0.1, -0.05) is 58.0 Å². The number of benzene rings is 2. The van der Waals surface area contributed by atoms with E-state index < -0.39 is 0 Å². The Hall–Kier alpha value is -2.15. The van der Waals surface area contributed by atoms with Gasteiger partial charge in [-0.3, -0.25) is 0 Å². The van der Waals surface area contributed by atoms with E-state index in [1.54, 1.807) is 0 Å². The Morgan fingerprint density at radius 3 is 2.42 bits per heavy atom. The predicted octanol–water partition coefficient (Wildman–Crippen LogP) is 5.79. The maximum Gasteiger partial charge on any atom is 0.221 e. The summed E-state index contributed by atoms with van der Waals surface area (Å²) in [5.74, 6) is 0.668. The molecule has 0 saturated carbocycles. The first-order chi connectivity index (χ1) is 12.2. The highest BCUT2D eigenvalue weighted by Crippen LogP contribution is 2.48. The number of hydrogen-bond donors (Lipinski definition) is 0. The quantitative estimate of drug-likeness (QED) is 0.518. The molecule has 1 nitrogen and oxygen atoms in total. The van der Waals surface area contributed by atoms with Gasteiger partial charge in [0.15, 0.2) is 5.69 Å². The first kappa shape index (κ1) is 17.3. The highest BCUT2D eigenvalue weighted by molar-refractivity contribution is 6.01. The summed E-state index contributed by atoms with van der Waals surface area (Å²) >= 11 is 0. The first-order valence-electron chi connectivity index (χ1n) is 9.79. The molecule has 0 fully saturated rings. The molecule has 1 aliphatic carbocycles. The zero-order valence-corrected chi connectivity index (χ0v) is 17.2. The van der Waals surface area contributed by atoms with Gasteiger partial charge >= 0.3 is 0 Å². The lowest BCUT2D eigenvalue weighted by molar-refractivity contribution is -0.665. The Balaban J connectivity index is 2.21. The normalized spacial score (nSPS) is 14.8. The van der Waals surface area contributed by atoms with E-state index in [-0.39, 0.29) is 5.41 Å². The lowest BCUT2D eigenvalue weighted by Crippen LogP contribution is -2.38. The molecule has 1 heteroatoms. The van der Waals surface area contributed by atoms with Crippen molar-refractivity contribution in [1.29, 1.82) is 0 Å². The summed E-state index contributed by atoms with van der Waals surface area (Å²) in [6, 6.07) is 14.1. The smallest absolute Gasteiger partial charge is 0.198 e. The van der Waals surface area contributed by atoms with Crippen LogP contribution in [0.2, 0.25) is 0 Å². The largest absolute Gasteiger partial charge is 0.221 e. The van der Waals surface area contributed by atoms with Crippen LogP contribution in [0.3, 0.4) is 0 Å². The minimum absolute atomic E-state index is 0.0157. The molecule has 0 amide bonds. The number of nitrogens with zero attached hydrogens (tertiary/aromatic N) is 1. The average molecular weight is 345 g/mol. The molecule has 0 saturated heterocycles. The molecule has 0 spiro atoms. The average Bonchev–Trinajstić information content (AvgIpc) is 2.55. The lowest BCUT2D eigenvalue weighted by atomic mass is 9.68. The summed E-state index contributed by atoms with van der Waals surface area (Å²) in [6.07, 6.45) is 1.13. The van der Waals surface area contributed by atoms with Crippen LogP contribution in [0.1, 0.15) is 55.6 Å². The van der Waals surface area contributed by atoms with Crippen LogP contribution in [0.5, 0.6) is 0 Å². The Labute approximate surface area is 157 Å². The van der Waals surface area contributed by atoms with Crippen LogP contribution in [0.15, 0.2) is 36.4 Å². The van der Waals surface area contributed by atoms with Crippen LogP contribution in [0.25, 0.3) is 22.0 Å². The minimum atomic E-state index is 0.0157. The molecule has 0 unspecified atom stereocenters. The first-order valence-corrected chi connectivity index (χ1v) is 9.79. The molecule has 1 aromatic heterocycles. The van der Waals surface area contributed by atoms with E-state index in [2.05, 4.69) is 89.6 Å². The van der Waals surface area contributed by atoms with Gasteiger partial charge in [0.2, 0.25) is 5.69 Å². The highest BCUT2D eigenvalue weighted by atomic mass is 14.9. The summed E-state index contributed by atoms with van der Waals surface area (Å²) in [6.45, 7) is 13.9.